The Bertz CT molecular complexity index is 459. The molecule has 1 aromatic carbocycles. The van der Waals surface area contributed by atoms with E-state index in [1.54, 1.807) is 7.05 Å². The van der Waals surface area contributed by atoms with Gasteiger partial charge in [0.05, 0.1) is 7.05 Å². The SMILES string of the molecule is Cc1ccc(C(N)Cc2nnn(C)n2)cc1. The number of aryl methyl sites for hydroxylation is 2. The zero-order chi connectivity index (χ0) is 11.5. The summed E-state index contributed by atoms with van der Waals surface area (Å²) in [5, 5.41) is 11.8. The third kappa shape index (κ3) is 2.43. The van der Waals surface area contributed by atoms with E-state index in [-0.39, 0.29) is 6.04 Å². The summed E-state index contributed by atoms with van der Waals surface area (Å²) in [6.07, 6.45) is 0.608. The third-order valence-electron chi connectivity index (χ3n) is 2.46. The van der Waals surface area contributed by atoms with Gasteiger partial charge in [-0.2, -0.15) is 4.80 Å². The Labute approximate surface area is 94.3 Å². The Balaban J connectivity index is 2.08. The lowest BCUT2D eigenvalue weighted by molar-refractivity contribution is 0.622. The van der Waals surface area contributed by atoms with Crippen LogP contribution in [0.2, 0.25) is 0 Å². The van der Waals surface area contributed by atoms with Gasteiger partial charge in [-0.3, -0.25) is 0 Å². The van der Waals surface area contributed by atoms with E-state index < -0.39 is 0 Å². The molecule has 0 aliphatic heterocycles. The highest BCUT2D eigenvalue weighted by Gasteiger charge is 2.10. The Morgan fingerprint density at radius 3 is 2.56 bits per heavy atom. The molecule has 1 atom stereocenters. The fourth-order valence-electron chi connectivity index (χ4n) is 1.53. The molecule has 5 nitrogen and oxygen atoms in total. The molecule has 2 N–H and O–H groups in total. The molecule has 1 aromatic heterocycles. The molecule has 16 heavy (non-hydrogen) atoms. The largest absolute Gasteiger partial charge is 0.324 e. The van der Waals surface area contributed by atoms with Gasteiger partial charge in [-0.05, 0) is 17.7 Å². The average Bonchev–Trinajstić information content (AvgIpc) is 2.65. The van der Waals surface area contributed by atoms with Crippen molar-refractivity contribution in [1.29, 1.82) is 0 Å². The second-order valence-electron chi connectivity index (χ2n) is 3.92. The highest BCUT2D eigenvalue weighted by molar-refractivity contribution is 5.24. The van der Waals surface area contributed by atoms with E-state index in [1.807, 2.05) is 12.1 Å². The minimum atomic E-state index is -0.0789. The minimum absolute atomic E-state index is 0.0789. The highest BCUT2D eigenvalue weighted by Crippen LogP contribution is 2.14. The van der Waals surface area contributed by atoms with Crippen molar-refractivity contribution in [2.45, 2.75) is 19.4 Å². The van der Waals surface area contributed by atoms with Crippen molar-refractivity contribution in [1.82, 2.24) is 20.2 Å². The number of nitrogens with zero attached hydrogens (tertiary/aromatic N) is 4. The molecule has 2 rings (SSSR count). The van der Waals surface area contributed by atoms with Crippen LogP contribution in [0.4, 0.5) is 0 Å². The first kappa shape index (κ1) is 10.8. The number of benzene rings is 1. The van der Waals surface area contributed by atoms with Gasteiger partial charge in [-0.25, -0.2) is 0 Å². The minimum Gasteiger partial charge on any atom is -0.324 e. The maximum Gasteiger partial charge on any atom is 0.176 e. The van der Waals surface area contributed by atoms with Gasteiger partial charge < -0.3 is 5.73 Å². The van der Waals surface area contributed by atoms with Crippen molar-refractivity contribution < 1.29 is 0 Å². The molecule has 0 amide bonds. The molecule has 0 bridgehead atoms. The molecule has 5 heteroatoms. The molecule has 1 unspecified atom stereocenters. The van der Waals surface area contributed by atoms with Gasteiger partial charge in [-0.1, -0.05) is 29.8 Å². The number of nitrogens with two attached hydrogens (primary N) is 1. The molecule has 0 aliphatic rings. The zero-order valence-corrected chi connectivity index (χ0v) is 9.46. The fraction of sp³-hybridized carbons (Fsp3) is 0.364. The Morgan fingerprint density at radius 2 is 2.00 bits per heavy atom. The lowest BCUT2D eigenvalue weighted by Gasteiger charge is -2.09. The molecule has 0 saturated heterocycles. The van der Waals surface area contributed by atoms with Crippen LogP contribution in [0.15, 0.2) is 24.3 Å². The van der Waals surface area contributed by atoms with E-state index in [9.17, 15) is 0 Å². The Morgan fingerprint density at radius 1 is 1.31 bits per heavy atom. The van der Waals surface area contributed by atoms with Crippen LogP contribution < -0.4 is 5.73 Å². The number of hydrogen-bond donors (Lipinski definition) is 1. The first-order chi connectivity index (χ1) is 7.65. The van der Waals surface area contributed by atoms with E-state index in [2.05, 4.69) is 34.5 Å². The van der Waals surface area contributed by atoms with E-state index >= 15 is 0 Å². The third-order valence-corrected chi connectivity index (χ3v) is 2.46. The molecule has 0 aliphatic carbocycles. The van der Waals surface area contributed by atoms with Gasteiger partial charge in [-0.15, -0.1) is 10.2 Å². The van der Waals surface area contributed by atoms with Gasteiger partial charge >= 0.3 is 0 Å². The quantitative estimate of drug-likeness (QED) is 0.824. The molecular formula is C11H15N5. The van der Waals surface area contributed by atoms with Crippen molar-refractivity contribution >= 4 is 0 Å². The maximum absolute atomic E-state index is 6.07. The lowest BCUT2D eigenvalue weighted by atomic mass is 10.0. The normalized spacial score (nSPS) is 12.7. The first-order valence-corrected chi connectivity index (χ1v) is 5.20. The van der Waals surface area contributed by atoms with E-state index in [1.165, 1.54) is 10.4 Å². The van der Waals surface area contributed by atoms with Crippen LogP contribution in [0, 0.1) is 6.92 Å². The first-order valence-electron chi connectivity index (χ1n) is 5.20. The molecule has 0 radical (unpaired) electrons. The van der Waals surface area contributed by atoms with Crippen LogP contribution in [0.25, 0.3) is 0 Å². The summed E-state index contributed by atoms with van der Waals surface area (Å²) < 4.78 is 0. The van der Waals surface area contributed by atoms with Crippen molar-refractivity contribution in [3.63, 3.8) is 0 Å². The summed E-state index contributed by atoms with van der Waals surface area (Å²) in [7, 11) is 1.74. The van der Waals surface area contributed by atoms with Crippen LogP contribution in [0.1, 0.15) is 23.0 Å². The summed E-state index contributed by atoms with van der Waals surface area (Å²) in [4.78, 5) is 1.44. The van der Waals surface area contributed by atoms with Crippen LogP contribution in [0.5, 0.6) is 0 Å². The lowest BCUT2D eigenvalue weighted by Crippen LogP contribution is -2.14. The fourth-order valence-corrected chi connectivity index (χ4v) is 1.53. The smallest absolute Gasteiger partial charge is 0.176 e. The second-order valence-corrected chi connectivity index (χ2v) is 3.92. The number of tetrazole rings is 1. The van der Waals surface area contributed by atoms with Gasteiger partial charge in [0.25, 0.3) is 0 Å². The van der Waals surface area contributed by atoms with Crippen LogP contribution >= 0.6 is 0 Å². The summed E-state index contributed by atoms with van der Waals surface area (Å²) in [5.74, 6) is 0.676. The number of rotatable bonds is 3. The van der Waals surface area contributed by atoms with Crippen molar-refractivity contribution in [2.24, 2.45) is 12.8 Å². The zero-order valence-electron chi connectivity index (χ0n) is 9.46. The van der Waals surface area contributed by atoms with E-state index in [4.69, 9.17) is 5.73 Å². The van der Waals surface area contributed by atoms with E-state index in [0.717, 1.165) is 5.56 Å². The topological polar surface area (TPSA) is 69.6 Å². The average molecular weight is 217 g/mol. The van der Waals surface area contributed by atoms with Crippen molar-refractivity contribution in [3.05, 3.63) is 41.2 Å². The maximum atomic E-state index is 6.07. The van der Waals surface area contributed by atoms with Gasteiger partial charge in [0, 0.05) is 12.5 Å². The van der Waals surface area contributed by atoms with Crippen LogP contribution in [0.3, 0.4) is 0 Å². The molecule has 0 spiro atoms. The molecule has 0 fully saturated rings. The van der Waals surface area contributed by atoms with Gasteiger partial charge in [0.1, 0.15) is 0 Å². The van der Waals surface area contributed by atoms with Crippen LogP contribution in [-0.4, -0.2) is 20.2 Å². The molecule has 0 saturated carbocycles. The van der Waals surface area contributed by atoms with Gasteiger partial charge in [0.2, 0.25) is 0 Å². The second kappa shape index (κ2) is 4.40. The monoisotopic (exact) mass is 217 g/mol. The Hall–Kier alpha value is -1.75. The van der Waals surface area contributed by atoms with Crippen molar-refractivity contribution in [2.75, 3.05) is 0 Å². The molecule has 84 valence electrons. The standard InChI is InChI=1S/C11H15N5/c1-8-3-5-9(6-4-8)10(12)7-11-13-15-16(2)14-11/h3-6,10H,7,12H2,1-2H3. The highest BCUT2D eigenvalue weighted by atomic mass is 15.6. The predicted octanol–water partition coefficient (Wildman–Crippen LogP) is 0.761. The number of aromatic nitrogens is 4. The van der Waals surface area contributed by atoms with Crippen molar-refractivity contribution in [3.8, 4) is 0 Å². The summed E-state index contributed by atoms with van der Waals surface area (Å²) >= 11 is 0. The summed E-state index contributed by atoms with van der Waals surface area (Å²) in [6.45, 7) is 2.06. The summed E-state index contributed by atoms with van der Waals surface area (Å²) in [5.41, 5.74) is 8.39. The Kier molecular flexibility index (Phi) is 2.96. The van der Waals surface area contributed by atoms with E-state index in [0.29, 0.717) is 12.2 Å². The molecule has 2 aromatic rings. The molecule has 1 heterocycles. The molecular weight excluding hydrogens is 202 g/mol. The van der Waals surface area contributed by atoms with Gasteiger partial charge in [0.15, 0.2) is 5.82 Å². The summed E-state index contributed by atoms with van der Waals surface area (Å²) in [6, 6.07) is 8.11. The predicted molar refractivity (Wildman–Crippen MR) is 60.6 cm³/mol. The number of hydrogen-bond acceptors (Lipinski definition) is 4. The van der Waals surface area contributed by atoms with Crippen LogP contribution in [-0.2, 0) is 13.5 Å².